The van der Waals surface area contributed by atoms with Crippen molar-refractivity contribution in [3.63, 3.8) is 0 Å². The first-order valence-corrected chi connectivity index (χ1v) is 14.3. The minimum atomic E-state index is -0.950. The van der Waals surface area contributed by atoms with E-state index in [1.165, 1.54) is 11.1 Å². The number of carbonyl (C=O) groups is 1. The van der Waals surface area contributed by atoms with E-state index in [9.17, 15) is 9.90 Å². The molecule has 2 N–H and O–H groups in total. The average molecular weight is 527 g/mol. The highest BCUT2D eigenvalue weighted by atomic mass is 16.6. The Morgan fingerprint density at radius 1 is 1.15 bits per heavy atom. The van der Waals surface area contributed by atoms with Crippen molar-refractivity contribution in [1.82, 2.24) is 10.3 Å². The Balaban J connectivity index is 1.21. The summed E-state index contributed by atoms with van der Waals surface area (Å²) >= 11 is 0. The van der Waals surface area contributed by atoms with Gasteiger partial charge in [-0.3, -0.25) is 4.98 Å². The number of nitrogens with one attached hydrogen (secondary N) is 1. The Morgan fingerprint density at radius 3 is 2.82 bits per heavy atom. The summed E-state index contributed by atoms with van der Waals surface area (Å²) < 4.78 is 12.8. The number of carbonyl (C=O) groups excluding carboxylic acids is 1. The second-order valence-corrected chi connectivity index (χ2v) is 13.6. The van der Waals surface area contributed by atoms with E-state index in [1.54, 1.807) is 0 Å². The molecule has 3 heterocycles. The second-order valence-electron chi connectivity index (χ2n) is 13.6. The number of allylic oxidation sites excluding steroid dienone is 1. The normalized spacial score (nSPS) is 38.4. The molecule has 1 saturated carbocycles. The number of hydrogen-bond donors (Lipinski definition) is 2. The number of hydrogen-bond acceptors (Lipinski definition) is 5. The van der Waals surface area contributed by atoms with Gasteiger partial charge in [0.2, 0.25) is 0 Å². The van der Waals surface area contributed by atoms with Crippen LogP contribution in [0.5, 0.6) is 0 Å². The molecule has 0 radical (unpaired) electrons. The van der Waals surface area contributed by atoms with Crippen molar-refractivity contribution in [2.24, 2.45) is 11.3 Å². The zero-order chi connectivity index (χ0) is 27.3. The molecule has 204 valence electrons. The van der Waals surface area contributed by atoms with Gasteiger partial charge in [0.15, 0.2) is 0 Å². The third kappa shape index (κ3) is 3.53. The van der Waals surface area contributed by atoms with E-state index in [0.29, 0.717) is 12.8 Å². The van der Waals surface area contributed by atoms with Crippen LogP contribution in [0.15, 0.2) is 72.1 Å². The highest BCUT2D eigenvalue weighted by molar-refractivity contribution is 5.82. The number of benzene rings is 1. The number of aliphatic hydroxyl groups is 1. The lowest BCUT2D eigenvalue weighted by atomic mass is 9.56. The molecule has 1 aromatic heterocycles. The summed E-state index contributed by atoms with van der Waals surface area (Å²) in [5.74, 6) is 0.194. The predicted molar refractivity (Wildman–Crippen MR) is 150 cm³/mol. The number of rotatable bonds is 2. The van der Waals surface area contributed by atoms with Crippen molar-refractivity contribution in [3.8, 4) is 0 Å². The van der Waals surface area contributed by atoms with Crippen molar-refractivity contribution < 1.29 is 19.4 Å². The molecule has 3 aliphatic carbocycles. The lowest BCUT2D eigenvalue weighted by molar-refractivity contribution is -0.160. The first-order chi connectivity index (χ1) is 18.5. The molecular formula is C33H38N2O4. The molecule has 6 nitrogen and oxygen atoms in total. The van der Waals surface area contributed by atoms with Gasteiger partial charge >= 0.3 is 6.09 Å². The molecule has 6 atom stereocenters. The molecule has 5 aliphatic rings. The van der Waals surface area contributed by atoms with E-state index in [2.05, 4.69) is 59.7 Å². The monoisotopic (exact) mass is 526 g/mol. The van der Waals surface area contributed by atoms with Crippen molar-refractivity contribution in [3.05, 3.63) is 77.7 Å². The molecule has 1 aromatic carbocycles. The Hall–Kier alpha value is -2.96. The quantitative estimate of drug-likeness (QED) is 0.484. The number of fused-ring (bicyclic) bond motifs is 2. The third-order valence-corrected chi connectivity index (χ3v) is 10.3. The fourth-order valence-electron chi connectivity index (χ4n) is 8.45. The first kappa shape index (κ1) is 25.0. The smallest absolute Gasteiger partial charge is 0.408 e. The van der Waals surface area contributed by atoms with Crippen LogP contribution in [0.3, 0.4) is 0 Å². The van der Waals surface area contributed by atoms with E-state index in [-0.39, 0.29) is 17.4 Å². The number of alkyl carbamates (subject to hydrolysis) is 1. The van der Waals surface area contributed by atoms with Gasteiger partial charge in [0.25, 0.3) is 0 Å². The summed E-state index contributed by atoms with van der Waals surface area (Å²) in [5, 5.41) is 17.7. The number of amides is 1. The SMILES string of the molecule is CC(C)(C)OC(=O)N[C@@H]1C=CC2=CC3=CC[C@@]4(C)[C@@H](CC[C@@]4(O)c4ccc5ccncc5c4)[C@@]34CC[C@]2(C1)O4. The zero-order valence-corrected chi connectivity index (χ0v) is 23.3. The maximum Gasteiger partial charge on any atom is 0.408 e. The summed E-state index contributed by atoms with van der Waals surface area (Å²) in [6, 6.07) is 8.19. The van der Waals surface area contributed by atoms with Crippen molar-refractivity contribution in [2.45, 2.75) is 94.7 Å². The molecule has 6 heteroatoms. The topological polar surface area (TPSA) is 80.7 Å². The fourth-order valence-corrected chi connectivity index (χ4v) is 8.45. The van der Waals surface area contributed by atoms with Crippen LogP contribution in [0.4, 0.5) is 4.79 Å². The standard InChI is InChI=1S/C33H38N2O4/c1-29(2,3)38-28(36)35-26-8-7-23-18-24-9-12-30(4)27(32(24)15-14-31(23,19-26)39-32)10-13-33(30,37)25-6-5-21-11-16-34-20-22(21)17-25/h5-9,11,16-18,20,26-27,37H,10,12-15,19H2,1-4H3,(H,35,36)/t26-,27-,30+,31-,32-,33-/m1/s1. The highest BCUT2D eigenvalue weighted by Gasteiger charge is 2.69. The molecule has 0 unspecified atom stereocenters. The van der Waals surface area contributed by atoms with Crippen LogP contribution in [0.2, 0.25) is 0 Å². The molecule has 2 bridgehead atoms. The largest absolute Gasteiger partial charge is 0.444 e. The number of pyridine rings is 1. The predicted octanol–water partition coefficient (Wildman–Crippen LogP) is 6.25. The number of aromatic nitrogens is 1. The highest BCUT2D eigenvalue weighted by Crippen LogP contribution is 2.70. The minimum Gasteiger partial charge on any atom is -0.444 e. The minimum absolute atomic E-state index is 0.153. The van der Waals surface area contributed by atoms with Crippen molar-refractivity contribution in [1.29, 1.82) is 0 Å². The maximum absolute atomic E-state index is 12.5. The van der Waals surface area contributed by atoms with Gasteiger partial charge in [0.05, 0.1) is 22.8 Å². The Kier molecular flexibility index (Phi) is 5.16. The van der Waals surface area contributed by atoms with Gasteiger partial charge in [0, 0.05) is 35.5 Å². The summed E-state index contributed by atoms with van der Waals surface area (Å²) in [6.07, 6.45) is 17.1. The van der Waals surface area contributed by atoms with Crippen LogP contribution in [-0.2, 0) is 15.1 Å². The molecule has 2 aliphatic heterocycles. The Labute approximate surface area is 230 Å². The van der Waals surface area contributed by atoms with Gasteiger partial charge in [-0.1, -0.05) is 43.4 Å². The molecule has 2 aromatic rings. The molecule has 39 heavy (non-hydrogen) atoms. The van der Waals surface area contributed by atoms with Gasteiger partial charge < -0.3 is 19.9 Å². The van der Waals surface area contributed by atoms with Crippen LogP contribution in [0.25, 0.3) is 10.8 Å². The maximum atomic E-state index is 12.5. The first-order valence-electron chi connectivity index (χ1n) is 14.3. The van der Waals surface area contributed by atoms with Crippen molar-refractivity contribution >= 4 is 16.9 Å². The van der Waals surface area contributed by atoms with E-state index in [4.69, 9.17) is 9.47 Å². The number of nitrogens with zero attached hydrogens (tertiary/aromatic N) is 1. The van der Waals surface area contributed by atoms with Crippen LogP contribution >= 0.6 is 0 Å². The van der Waals surface area contributed by atoms with Gasteiger partial charge in [-0.25, -0.2) is 4.79 Å². The van der Waals surface area contributed by atoms with E-state index < -0.39 is 28.5 Å². The Morgan fingerprint density at radius 2 is 2.00 bits per heavy atom. The van der Waals surface area contributed by atoms with E-state index in [1.807, 2.05) is 39.2 Å². The van der Waals surface area contributed by atoms with Gasteiger partial charge in [-0.2, -0.15) is 0 Å². The van der Waals surface area contributed by atoms with Crippen LogP contribution in [0, 0.1) is 11.3 Å². The van der Waals surface area contributed by atoms with Gasteiger partial charge in [-0.05, 0) is 87.1 Å². The molecule has 1 saturated heterocycles. The lowest BCUT2D eigenvalue weighted by Gasteiger charge is -2.55. The summed E-state index contributed by atoms with van der Waals surface area (Å²) in [7, 11) is 0. The van der Waals surface area contributed by atoms with Gasteiger partial charge in [-0.15, -0.1) is 0 Å². The third-order valence-electron chi connectivity index (χ3n) is 10.3. The van der Waals surface area contributed by atoms with E-state index in [0.717, 1.165) is 42.0 Å². The summed E-state index contributed by atoms with van der Waals surface area (Å²) in [4.78, 5) is 16.8. The molecule has 7 rings (SSSR count). The van der Waals surface area contributed by atoms with E-state index >= 15 is 0 Å². The average Bonchev–Trinajstić information content (AvgIpc) is 3.34. The molecule has 2 spiro atoms. The van der Waals surface area contributed by atoms with Crippen LogP contribution in [-0.4, -0.2) is 39.0 Å². The second kappa shape index (κ2) is 8.05. The molecule has 2 fully saturated rings. The van der Waals surface area contributed by atoms with Gasteiger partial charge in [0.1, 0.15) is 5.60 Å². The molecular weight excluding hydrogens is 488 g/mol. The zero-order valence-electron chi connectivity index (χ0n) is 23.3. The summed E-state index contributed by atoms with van der Waals surface area (Å²) in [5.41, 5.74) is 0.740. The summed E-state index contributed by atoms with van der Waals surface area (Å²) in [6.45, 7) is 7.89. The fraction of sp³-hybridized carbons (Fsp3) is 0.515. The van der Waals surface area contributed by atoms with Crippen molar-refractivity contribution in [2.75, 3.05) is 0 Å². The molecule has 1 amide bonds. The van der Waals surface area contributed by atoms with Crippen LogP contribution < -0.4 is 5.32 Å². The number of ether oxygens (including phenoxy) is 2. The lowest BCUT2D eigenvalue weighted by Crippen LogP contribution is -2.57. The Bertz CT molecular complexity index is 1470. The van der Waals surface area contributed by atoms with Crippen LogP contribution in [0.1, 0.15) is 71.8 Å².